The van der Waals surface area contributed by atoms with Gasteiger partial charge in [0.25, 0.3) is 5.69 Å². The maximum absolute atomic E-state index is 12.3. The highest BCUT2D eigenvalue weighted by atomic mass is 35.5. The Bertz CT molecular complexity index is 408. The molecule has 0 aliphatic carbocycles. The average Bonchev–Trinajstić information content (AvgIpc) is 1.96. The molecule has 0 aliphatic rings. The Kier molecular flexibility index (Phi) is 3.32. The van der Waals surface area contributed by atoms with Crippen molar-refractivity contribution in [3.63, 3.8) is 0 Å². The summed E-state index contributed by atoms with van der Waals surface area (Å²) in [5, 5.41) is 10.6. The molecule has 88 valence electrons. The molecule has 1 aromatic rings. The fourth-order valence-electron chi connectivity index (χ4n) is 1.40. The maximum atomic E-state index is 12.3. The van der Waals surface area contributed by atoms with Crippen molar-refractivity contribution in [2.24, 2.45) is 0 Å². The van der Waals surface area contributed by atoms with Gasteiger partial charge in [-0.1, -0.05) is 0 Å². The first kappa shape index (κ1) is 12.6. The Labute approximate surface area is 94.9 Å². The predicted octanol–water partition coefficient (Wildman–Crippen LogP) is 3.38. The molecule has 1 rings (SSSR count). The lowest BCUT2D eigenvalue weighted by Gasteiger charge is -2.12. The summed E-state index contributed by atoms with van der Waals surface area (Å²) in [6.45, 7) is 2.87. The van der Waals surface area contributed by atoms with E-state index in [-0.39, 0.29) is 22.6 Å². The predicted molar refractivity (Wildman–Crippen MR) is 54.0 cm³/mol. The third-order valence-electron chi connectivity index (χ3n) is 1.88. The summed E-state index contributed by atoms with van der Waals surface area (Å²) in [6.07, 6.45) is 0. The summed E-state index contributed by atoms with van der Waals surface area (Å²) < 4.78 is 28.8. The monoisotopic (exact) mass is 251 g/mol. The first-order valence-corrected chi connectivity index (χ1v) is 4.60. The summed E-state index contributed by atoms with van der Waals surface area (Å²) in [4.78, 5) is 10.1. The molecule has 0 aliphatic heterocycles. The maximum Gasteiger partial charge on any atom is 0.487 e. The van der Waals surface area contributed by atoms with E-state index in [0.717, 1.165) is 12.1 Å². The standard InChI is InChI=1S/C9H8ClF2NO3/c1-5-3-7(16-9(10,11)12)4-6(2)8(5)13(14)15/h3-4H,1-2H3. The molecule has 4 nitrogen and oxygen atoms in total. The van der Waals surface area contributed by atoms with Crippen LogP contribution in [0.15, 0.2) is 12.1 Å². The second-order valence-corrected chi connectivity index (χ2v) is 3.65. The van der Waals surface area contributed by atoms with E-state index in [1.165, 1.54) is 13.8 Å². The molecule has 0 aromatic heterocycles. The Balaban J connectivity index is 3.15. The topological polar surface area (TPSA) is 52.4 Å². The van der Waals surface area contributed by atoms with E-state index >= 15 is 0 Å². The van der Waals surface area contributed by atoms with E-state index in [1.54, 1.807) is 0 Å². The van der Waals surface area contributed by atoms with Gasteiger partial charge in [0.15, 0.2) is 0 Å². The molecular weight excluding hydrogens is 244 g/mol. The van der Waals surface area contributed by atoms with Gasteiger partial charge < -0.3 is 4.74 Å². The van der Waals surface area contributed by atoms with Gasteiger partial charge in [-0.25, -0.2) is 0 Å². The molecular formula is C9H8ClF2NO3. The van der Waals surface area contributed by atoms with Gasteiger partial charge >= 0.3 is 5.57 Å². The summed E-state index contributed by atoms with van der Waals surface area (Å²) in [6, 6.07) is 2.28. The second-order valence-electron chi connectivity index (χ2n) is 3.21. The molecule has 0 bridgehead atoms. The van der Waals surface area contributed by atoms with Crippen molar-refractivity contribution in [3.8, 4) is 5.75 Å². The smallest absolute Gasteiger partial charge is 0.420 e. The lowest BCUT2D eigenvalue weighted by atomic mass is 10.1. The third kappa shape index (κ3) is 3.03. The van der Waals surface area contributed by atoms with Crippen LogP contribution in [0.5, 0.6) is 5.75 Å². The van der Waals surface area contributed by atoms with Crippen LogP contribution >= 0.6 is 11.6 Å². The molecule has 0 spiro atoms. The zero-order chi connectivity index (χ0) is 12.5. The molecule has 1 aromatic carbocycles. The van der Waals surface area contributed by atoms with Crippen molar-refractivity contribution < 1.29 is 18.4 Å². The van der Waals surface area contributed by atoms with Crippen LogP contribution in [-0.2, 0) is 0 Å². The van der Waals surface area contributed by atoms with E-state index in [4.69, 9.17) is 0 Å². The summed E-state index contributed by atoms with van der Waals surface area (Å²) >= 11 is 4.59. The zero-order valence-electron chi connectivity index (χ0n) is 8.46. The molecule has 0 heterocycles. The van der Waals surface area contributed by atoms with Gasteiger partial charge in [0.1, 0.15) is 5.75 Å². The number of alkyl halides is 3. The number of hydrogen-bond donors (Lipinski definition) is 0. The van der Waals surface area contributed by atoms with Crippen LogP contribution in [0.2, 0.25) is 0 Å². The lowest BCUT2D eigenvalue weighted by Crippen LogP contribution is -2.15. The molecule has 0 amide bonds. The van der Waals surface area contributed by atoms with Gasteiger partial charge in [0.2, 0.25) is 0 Å². The van der Waals surface area contributed by atoms with Crippen LogP contribution in [0, 0.1) is 24.0 Å². The van der Waals surface area contributed by atoms with Crippen molar-refractivity contribution >= 4 is 17.3 Å². The number of benzene rings is 1. The third-order valence-corrected chi connectivity index (χ3v) is 1.96. The van der Waals surface area contributed by atoms with Crippen LogP contribution in [0.3, 0.4) is 0 Å². The number of nitro benzene ring substituents is 1. The Hall–Kier alpha value is -1.43. The van der Waals surface area contributed by atoms with E-state index < -0.39 is 10.5 Å². The highest BCUT2D eigenvalue weighted by Gasteiger charge is 2.28. The summed E-state index contributed by atoms with van der Waals surface area (Å²) in [7, 11) is 0. The Morgan fingerprint density at radius 2 is 1.81 bits per heavy atom. The first-order valence-electron chi connectivity index (χ1n) is 4.22. The highest BCUT2D eigenvalue weighted by molar-refractivity contribution is 6.20. The number of ether oxygens (including phenoxy) is 1. The minimum atomic E-state index is -3.82. The Morgan fingerprint density at radius 3 is 2.12 bits per heavy atom. The fourth-order valence-corrected chi connectivity index (χ4v) is 1.49. The van der Waals surface area contributed by atoms with Crippen LogP contribution < -0.4 is 4.74 Å². The first-order chi connectivity index (χ1) is 7.20. The van der Waals surface area contributed by atoms with E-state index in [2.05, 4.69) is 16.3 Å². The van der Waals surface area contributed by atoms with Crippen LogP contribution in [0.1, 0.15) is 11.1 Å². The average molecular weight is 252 g/mol. The van der Waals surface area contributed by atoms with Crippen molar-refractivity contribution in [3.05, 3.63) is 33.4 Å². The van der Waals surface area contributed by atoms with Gasteiger partial charge in [-0.15, -0.1) is 8.78 Å². The Morgan fingerprint density at radius 1 is 1.38 bits per heavy atom. The molecule has 16 heavy (non-hydrogen) atoms. The number of nitro groups is 1. The van der Waals surface area contributed by atoms with E-state index in [0.29, 0.717) is 0 Å². The molecule has 0 fully saturated rings. The molecule has 0 N–H and O–H groups in total. The van der Waals surface area contributed by atoms with Gasteiger partial charge in [0.05, 0.1) is 4.92 Å². The van der Waals surface area contributed by atoms with E-state index in [9.17, 15) is 18.9 Å². The summed E-state index contributed by atoms with van der Waals surface area (Å²) in [5.74, 6) is -0.208. The molecule has 0 radical (unpaired) electrons. The zero-order valence-corrected chi connectivity index (χ0v) is 9.22. The molecule has 0 saturated carbocycles. The number of aryl methyl sites for hydroxylation is 2. The summed E-state index contributed by atoms with van der Waals surface area (Å²) in [5.41, 5.74) is -3.47. The normalized spacial score (nSPS) is 11.3. The SMILES string of the molecule is Cc1cc(OC(F)(F)Cl)cc(C)c1[N+](=O)[O-]. The van der Waals surface area contributed by atoms with Gasteiger partial charge in [-0.3, -0.25) is 10.1 Å². The van der Waals surface area contributed by atoms with E-state index in [1.807, 2.05) is 0 Å². The molecule has 0 saturated heterocycles. The largest absolute Gasteiger partial charge is 0.487 e. The van der Waals surface area contributed by atoms with Gasteiger partial charge in [0, 0.05) is 22.7 Å². The van der Waals surface area contributed by atoms with Crippen molar-refractivity contribution in [2.45, 2.75) is 19.4 Å². The molecule has 7 heteroatoms. The quantitative estimate of drug-likeness (QED) is 0.470. The number of nitrogens with zero attached hydrogens (tertiary/aromatic N) is 1. The van der Waals surface area contributed by atoms with Crippen molar-refractivity contribution in [2.75, 3.05) is 0 Å². The lowest BCUT2D eigenvalue weighted by molar-refractivity contribution is -0.386. The van der Waals surface area contributed by atoms with Gasteiger partial charge in [-0.2, -0.15) is 0 Å². The number of hydrogen-bond acceptors (Lipinski definition) is 3. The van der Waals surface area contributed by atoms with Crippen molar-refractivity contribution in [1.29, 1.82) is 0 Å². The second kappa shape index (κ2) is 4.21. The number of halogens is 3. The number of rotatable bonds is 3. The minimum Gasteiger partial charge on any atom is -0.420 e. The van der Waals surface area contributed by atoms with Crippen molar-refractivity contribution in [1.82, 2.24) is 0 Å². The fraction of sp³-hybridized carbons (Fsp3) is 0.333. The van der Waals surface area contributed by atoms with Crippen LogP contribution in [0.25, 0.3) is 0 Å². The van der Waals surface area contributed by atoms with Crippen LogP contribution in [-0.4, -0.2) is 10.5 Å². The minimum absolute atomic E-state index is 0.120. The highest BCUT2D eigenvalue weighted by Crippen LogP contribution is 2.31. The molecule has 0 unspecified atom stereocenters. The molecule has 0 atom stereocenters. The van der Waals surface area contributed by atoms with Crippen LogP contribution in [0.4, 0.5) is 14.5 Å². The van der Waals surface area contributed by atoms with Gasteiger partial charge in [-0.05, 0) is 26.0 Å².